The van der Waals surface area contributed by atoms with Crippen molar-refractivity contribution in [3.63, 3.8) is 0 Å². The molecule has 0 aliphatic rings. The quantitative estimate of drug-likeness (QED) is 0.758. The number of benzene rings is 2. The van der Waals surface area contributed by atoms with Gasteiger partial charge in [-0.2, -0.15) is 0 Å². The van der Waals surface area contributed by atoms with E-state index in [4.69, 9.17) is 9.47 Å². The van der Waals surface area contributed by atoms with Crippen LogP contribution in [0.25, 0.3) is 0 Å². The first-order valence-electron chi connectivity index (χ1n) is 8.03. The lowest BCUT2D eigenvalue weighted by Crippen LogP contribution is -2.45. The summed E-state index contributed by atoms with van der Waals surface area (Å²) in [7, 11) is 0. The Morgan fingerprint density at radius 3 is 1.76 bits per heavy atom. The number of amides is 2. The highest BCUT2D eigenvalue weighted by atomic mass is 16.5. The molecule has 0 bridgehead atoms. The van der Waals surface area contributed by atoms with Crippen LogP contribution in [0.2, 0.25) is 0 Å². The third-order valence-electron chi connectivity index (χ3n) is 3.37. The molecular weight excluding hydrogens is 320 g/mol. The van der Waals surface area contributed by atoms with E-state index in [0.717, 1.165) is 0 Å². The second-order valence-electron chi connectivity index (χ2n) is 5.71. The van der Waals surface area contributed by atoms with Crippen molar-refractivity contribution in [2.45, 2.75) is 19.8 Å². The first-order chi connectivity index (χ1) is 12.0. The van der Waals surface area contributed by atoms with Crippen LogP contribution in [0.15, 0.2) is 54.6 Å². The van der Waals surface area contributed by atoms with E-state index < -0.39 is 11.8 Å². The number of hydrogen-bond donors (Lipinski definition) is 2. The van der Waals surface area contributed by atoms with Crippen LogP contribution in [0.3, 0.4) is 0 Å². The molecule has 25 heavy (non-hydrogen) atoms. The van der Waals surface area contributed by atoms with Crippen molar-refractivity contribution in [1.82, 2.24) is 10.9 Å². The zero-order valence-corrected chi connectivity index (χ0v) is 14.3. The van der Waals surface area contributed by atoms with Gasteiger partial charge in [0, 0.05) is 0 Å². The van der Waals surface area contributed by atoms with Crippen LogP contribution in [-0.2, 0) is 9.59 Å². The van der Waals surface area contributed by atoms with Gasteiger partial charge in [0.25, 0.3) is 11.8 Å². The second kappa shape index (κ2) is 9.32. The summed E-state index contributed by atoms with van der Waals surface area (Å²) in [6, 6.07) is 16.5. The Hall–Kier alpha value is -3.02. The lowest BCUT2D eigenvalue weighted by molar-refractivity contribution is -0.131. The van der Waals surface area contributed by atoms with Crippen LogP contribution < -0.4 is 20.3 Å². The Balaban J connectivity index is 1.65. The molecule has 0 unspecified atom stereocenters. The molecule has 0 aromatic heterocycles. The Kier molecular flexibility index (Phi) is 6.83. The number of para-hydroxylation sites is 1. The zero-order chi connectivity index (χ0) is 18.1. The molecule has 0 fully saturated rings. The number of carbonyl (C=O) groups excluding carboxylic acids is 2. The van der Waals surface area contributed by atoms with Crippen LogP contribution in [0.5, 0.6) is 11.5 Å². The van der Waals surface area contributed by atoms with Gasteiger partial charge >= 0.3 is 0 Å². The Labute approximate surface area is 147 Å². The van der Waals surface area contributed by atoms with Gasteiger partial charge in [-0.3, -0.25) is 20.4 Å². The summed E-state index contributed by atoms with van der Waals surface area (Å²) in [6.45, 7) is 3.82. The number of ether oxygens (including phenoxy) is 2. The largest absolute Gasteiger partial charge is 0.484 e. The van der Waals surface area contributed by atoms with E-state index in [-0.39, 0.29) is 13.2 Å². The molecule has 0 radical (unpaired) electrons. The first kappa shape index (κ1) is 18.3. The highest BCUT2D eigenvalue weighted by Crippen LogP contribution is 2.18. The second-order valence-corrected chi connectivity index (χ2v) is 5.71. The molecule has 6 nitrogen and oxygen atoms in total. The zero-order valence-electron chi connectivity index (χ0n) is 14.3. The molecule has 2 amide bonds. The SMILES string of the molecule is CC(C)c1ccc(OCC(=O)NNC(=O)COc2ccccc2)cc1. The van der Waals surface area contributed by atoms with Crippen molar-refractivity contribution < 1.29 is 19.1 Å². The standard InChI is InChI=1S/C19H22N2O4/c1-14(2)15-8-10-17(11-9-15)25-13-19(23)21-20-18(22)12-24-16-6-4-3-5-7-16/h3-11,14H,12-13H2,1-2H3,(H,20,22)(H,21,23). The van der Waals surface area contributed by atoms with E-state index in [1.165, 1.54) is 5.56 Å². The van der Waals surface area contributed by atoms with Gasteiger partial charge in [0.05, 0.1) is 0 Å². The van der Waals surface area contributed by atoms with Crippen molar-refractivity contribution in [3.05, 3.63) is 60.2 Å². The minimum absolute atomic E-state index is 0.193. The highest BCUT2D eigenvalue weighted by molar-refractivity contribution is 5.83. The number of nitrogens with one attached hydrogen (secondary N) is 2. The lowest BCUT2D eigenvalue weighted by Gasteiger charge is -2.10. The van der Waals surface area contributed by atoms with Gasteiger partial charge < -0.3 is 9.47 Å². The molecule has 0 heterocycles. The summed E-state index contributed by atoms with van der Waals surface area (Å²) < 4.78 is 10.6. The number of carbonyl (C=O) groups is 2. The maximum Gasteiger partial charge on any atom is 0.276 e. The molecular formula is C19H22N2O4. The Bertz CT molecular complexity index is 684. The molecule has 2 aromatic rings. The van der Waals surface area contributed by atoms with Gasteiger partial charge in [-0.15, -0.1) is 0 Å². The van der Waals surface area contributed by atoms with E-state index >= 15 is 0 Å². The Morgan fingerprint density at radius 2 is 1.28 bits per heavy atom. The minimum atomic E-state index is -0.460. The van der Waals surface area contributed by atoms with Gasteiger partial charge in [-0.25, -0.2) is 0 Å². The van der Waals surface area contributed by atoms with Gasteiger partial charge in [0.2, 0.25) is 0 Å². The van der Waals surface area contributed by atoms with E-state index in [1.807, 2.05) is 30.3 Å². The normalized spacial score (nSPS) is 10.2. The maximum atomic E-state index is 11.7. The van der Waals surface area contributed by atoms with Crippen molar-refractivity contribution in [3.8, 4) is 11.5 Å². The molecule has 2 aromatic carbocycles. The summed E-state index contributed by atoms with van der Waals surface area (Å²) in [5.74, 6) is 0.695. The molecule has 0 saturated carbocycles. The summed E-state index contributed by atoms with van der Waals surface area (Å²) in [5.41, 5.74) is 5.74. The molecule has 132 valence electrons. The third-order valence-corrected chi connectivity index (χ3v) is 3.37. The van der Waals surface area contributed by atoms with Gasteiger partial charge in [-0.05, 0) is 35.7 Å². The predicted molar refractivity (Wildman–Crippen MR) is 94.2 cm³/mol. The number of hydrazine groups is 1. The molecule has 0 saturated heterocycles. The fraction of sp³-hybridized carbons (Fsp3) is 0.263. The summed E-state index contributed by atoms with van der Waals surface area (Å²) in [5, 5.41) is 0. The van der Waals surface area contributed by atoms with E-state index in [1.54, 1.807) is 24.3 Å². The summed E-state index contributed by atoms with van der Waals surface area (Å²) in [4.78, 5) is 23.3. The fourth-order valence-electron chi connectivity index (χ4n) is 1.98. The summed E-state index contributed by atoms with van der Waals surface area (Å²) in [6.07, 6.45) is 0. The maximum absolute atomic E-state index is 11.7. The molecule has 0 atom stereocenters. The van der Waals surface area contributed by atoms with Crippen molar-refractivity contribution >= 4 is 11.8 Å². The first-order valence-corrected chi connectivity index (χ1v) is 8.03. The molecule has 0 aliphatic carbocycles. The fourth-order valence-corrected chi connectivity index (χ4v) is 1.98. The highest BCUT2D eigenvalue weighted by Gasteiger charge is 2.07. The minimum Gasteiger partial charge on any atom is -0.484 e. The molecule has 0 aliphatic heterocycles. The van der Waals surface area contributed by atoms with Crippen molar-refractivity contribution in [1.29, 1.82) is 0 Å². The molecule has 2 N–H and O–H groups in total. The van der Waals surface area contributed by atoms with Gasteiger partial charge in [0.1, 0.15) is 11.5 Å². The molecule has 6 heteroatoms. The smallest absolute Gasteiger partial charge is 0.276 e. The average molecular weight is 342 g/mol. The van der Waals surface area contributed by atoms with Crippen LogP contribution in [0.1, 0.15) is 25.3 Å². The van der Waals surface area contributed by atoms with E-state index in [0.29, 0.717) is 17.4 Å². The Morgan fingerprint density at radius 1 is 0.800 bits per heavy atom. The van der Waals surface area contributed by atoms with E-state index in [9.17, 15) is 9.59 Å². The predicted octanol–water partition coefficient (Wildman–Crippen LogP) is 2.42. The molecule has 0 spiro atoms. The van der Waals surface area contributed by atoms with Crippen LogP contribution in [0, 0.1) is 0 Å². The van der Waals surface area contributed by atoms with Gasteiger partial charge in [0.15, 0.2) is 13.2 Å². The van der Waals surface area contributed by atoms with Crippen molar-refractivity contribution in [2.75, 3.05) is 13.2 Å². The van der Waals surface area contributed by atoms with Crippen LogP contribution >= 0.6 is 0 Å². The van der Waals surface area contributed by atoms with Gasteiger partial charge in [-0.1, -0.05) is 44.2 Å². The monoisotopic (exact) mass is 342 g/mol. The van der Waals surface area contributed by atoms with Crippen LogP contribution in [0.4, 0.5) is 0 Å². The lowest BCUT2D eigenvalue weighted by atomic mass is 10.0. The third kappa shape index (κ3) is 6.55. The average Bonchev–Trinajstić information content (AvgIpc) is 2.64. The topological polar surface area (TPSA) is 76.7 Å². The van der Waals surface area contributed by atoms with E-state index in [2.05, 4.69) is 24.7 Å². The number of hydrogen-bond acceptors (Lipinski definition) is 4. The summed E-state index contributed by atoms with van der Waals surface area (Å²) >= 11 is 0. The van der Waals surface area contributed by atoms with Crippen LogP contribution in [-0.4, -0.2) is 25.0 Å². The number of rotatable bonds is 7. The van der Waals surface area contributed by atoms with Crippen molar-refractivity contribution in [2.24, 2.45) is 0 Å². The molecule has 2 rings (SSSR count).